The highest BCUT2D eigenvalue weighted by Gasteiger charge is 2.29. The highest BCUT2D eigenvalue weighted by molar-refractivity contribution is 5.93. The minimum atomic E-state index is -0.416. The van der Waals surface area contributed by atoms with Gasteiger partial charge in [-0.25, -0.2) is 13.9 Å². The van der Waals surface area contributed by atoms with Crippen molar-refractivity contribution in [1.29, 1.82) is 0 Å². The van der Waals surface area contributed by atoms with Crippen molar-refractivity contribution >= 4 is 17.6 Å². The standard InChI is InChI=1S/C23H21FN2O2/c1-2-28-23(27)21-20-10-6-9-17(15-16-7-4-3-5-8-16)22(20)26(25-21)19-13-11-18(24)12-14-19/h3-5,7-8,11-15H,2,6,9-10H2,1H3/b17-15-. The average Bonchev–Trinajstić information content (AvgIpc) is 3.10. The normalized spacial score (nSPS) is 14.7. The van der Waals surface area contributed by atoms with Crippen LogP contribution in [-0.4, -0.2) is 22.4 Å². The fourth-order valence-corrected chi connectivity index (χ4v) is 3.61. The van der Waals surface area contributed by atoms with E-state index in [0.29, 0.717) is 18.0 Å². The van der Waals surface area contributed by atoms with Gasteiger partial charge in [0.2, 0.25) is 0 Å². The van der Waals surface area contributed by atoms with Gasteiger partial charge in [0.25, 0.3) is 0 Å². The molecule has 0 fully saturated rings. The topological polar surface area (TPSA) is 44.1 Å². The van der Waals surface area contributed by atoms with Crippen LogP contribution in [0.1, 0.15) is 47.1 Å². The second-order valence-electron chi connectivity index (χ2n) is 6.72. The van der Waals surface area contributed by atoms with Gasteiger partial charge in [0.1, 0.15) is 5.82 Å². The zero-order chi connectivity index (χ0) is 19.5. The van der Waals surface area contributed by atoms with E-state index in [1.165, 1.54) is 12.1 Å². The SMILES string of the molecule is CCOC(=O)c1nn(-c2ccc(F)cc2)c2c1CCC/C2=C/c1ccccc1. The number of halogens is 1. The molecule has 1 aliphatic rings. The van der Waals surface area contributed by atoms with Crippen molar-refractivity contribution in [3.8, 4) is 5.69 Å². The second kappa shape index (κ2) is 7.80. The Labute approximate surface area is 163 Å². The molecule has 0 bridgehead atoms. The number of carbonyl (C=O) groups is 1. The van der Waals surface area contributed by atoms with Crippen LogP contribution in [0, 0.1) is 5.82 Å². The number of hydrogen-bond acceptors (Lipinski definition) is 3. The zero-order valence-electron chi connectivity index (χ0n) is 15.7. The maximum atomic E-state index is 13.4. The molecule has 1 aromatic heterocycles. The summed E-state index contributed by atoms with van der Waals surface area (Å²) in [6.45, 7) is 2.08. The van der Waals surface area contributed by atoms with Gasteiger partial charge in [-0.15, -0.1) is 0 Å². The van der Waals surface area contributed by atoms with Crippen LogP contribution in [0.5, 0.6) is 0 Å². The summed E-state index contributed by atoms with van der Waals surface area (Å²) in [5.41, 5.74) is 5.07. The predicted octanol–water partition coefficient (Wildman–Crippen LogP) is 5.07. The summed E-state index contributed by atoms with van der Waals surface area (Å²) >= 11 is 0. The summed E-state index contributed by atoms with van der Waals surface area (Å²) in [4.78, 5) is 12.5. The quantitative estimate of drug-likeness (QED) is 0.598. The first-order valence-corrected chi connectivity index (χ1v) is 9.48. The third-order valence-electron chi connectivity index (χ3n) is 4.84. The van der Waals surface area contributed by atoms with Crippen molar-refractivity contribution < 1.29 is 13.9 Å². The smallest absolute Gasteiger partial charge is 0.359 e. The lowest BCUT2D eigenvalue weighted by molar-refractivity contribution is 0.0517. The predicted molar refractivity (Wildman–Crippen MR) is 107 cm³/mol. The largest absolute Gasteiger partial charge is 0.461 e. The van der Waals surface area contributed by atoms with Gasteiger partial charge in [0.15, 0.2) is 5.69 Å². The lowest BCUT2D eigenvalue weighted by Gasteiger charge is -2.18. The highest BCUT2D eigenvalue weighted by atomic mass is 19.1. The average molecular weight is 376 g/mol. The van der Waals surface area contributed by atoms with E-state index in [-0.39, 0.29) is 5.82 Å². The second-order valence-corrected chi connectivity index (χ2v) is 6.72. The van der Waals surface area contributed by atoms with Crippen LogP contribution in [0.2, 0.25) is 0 Å². The van der Waals surface area contributed by atoms with Crippen LogP contribution in [0.25, 0.3) is 17.3 Å². The number of aromatic nitrogens is 2. The summed E-state index contributed by atoms with van der Waals surface area (Å²) in [5, 5.41) is 4.58. The summed E-state index contributed by atoms with van der Waals surface area (Å²) in [6, 6.07) is 16.2. The summed E-state index contributed by atoms with van der Waals surface area (Å²) in [6.07, 6.45) is 4.72. The molecule has 0 aliphatic heterocycles. The van der Waals surface area contributed by atoms with Crippen LogP contribution < -0.4 is 0 Å². The third kappa shape index (κ3) is 3.48. The molecular weight excluding hydrogens is 355 g/mol. The van der Waals surface area contributed by atoms with Gasteiger partial charge in [-0.3, -0.25) is 0 Å². The van der Waals surface area contributed by atoms with Crippen LogP contribution in [0.15, 0.2) is 54.6 Å². The van der Waals surface area contributed by atoms with E-state index in [1.807, 2.05) is 30.3 Å². The van der Waals surface area contributed by atoms with Gasteiger partial charge >= 0.3 is 5.97 Å². The number of fused-ring (bicyclic) bond motifs is 1. The first-order valence-electron chi connectivity index (χ1n) is 9.48. The summed E-state index contributed by atoms with van der Waals surface area (Å²) in [7, 11) is 0. The maximum absolute atomic E-state index is 13.4. The van der Waals surface area contributed by atoms with Gasteiger partial charge in [-0.05, 0) is 67.7 Å². The molecule has 0 N–H and O–H groups in total. The molecule has 3 aromatic rings. The fourth-order valence-electron chi connectivity index (χ4n) is 3.61. The molecule has 1 aliphatic carbocycles. The number of ether oxygens (including phenoxy) is 1. The Morgan fingerprint density at radius 3 is 2.61 bits per heavy atom. The van der Waals surface area contributed by atoms with Gasteiger partial charge in [-0.1, -0.05) is 30.3 Å². The molecular formula is C23H21FN2O2. The first kappa shape index (κ1) is 18.2. The maximum Gasteiger partial charge on any atom is 0.359 e. The van der Waals surface area contributed by atoms with Crippen LogP contribution >= 0.6 is 0 Å². The molecule has 0 saturated carbocycles. The molecule has 2 aromatic carbocycles. The van der Waals surface area contributed by atoms with E-state index in [9.17, 15) is 9.18 Å². The highest BCUT2D eigenvalue weighted by Crippen LogP contribution is 2.36. The van der Waals surface area contributed by atoms with Crippen molar-refractivity contribution in [2.75, 3.05) is 6.61 Å². The first-order chi connectivity index (χ1) is 13.7. The fraction of sp³-hybridized carbons (Fsp3) is 0.217. The third-order valence-corrected chi connectivity index (χ3v) is 4.84. The molecule has 0 atom stereocenters. The van der Waals surface area contributed by atoms with Crippen molar-refractivity contribution in [1.82, 2.24) is 9.78 Å². The number of rotatable bonds is 4. The van der Waals surface area contributed by atoms with Crippen molar-refractivity contribution in [3.05, 3.63) is 82.9 Å². The Kier molecular flexibility index (Phi) is 5.06. The number of carbonyl (C=O) groups excluding carboxylic acids is 1. The Morgan fingerprint density at radius 1 is 1.14 bits per heavy atom. The van der Waals surface area contributed by atoms with Crippen LogP contribution in [-0.2, 0) is 11.2 Å². The van der Waals surface area contributed by atoms with E-state index >= 15 is 0 Å². The van der Waals surface area contributed by atoms with E-state index < -0.39 is 5.97 Å². The molecule has 5 heteroatoms. The Morgan fingerprint density at radius 2 is 1.89 bits per heavy atom. The van der Waals surface area contributed by atoms with Crippen LogP contribution in [0.4, 0.5) is 4.39 Å². The number of hydrogen-bond donors (Lipinski definition) is 0. The number of esters is 1. The molecule has 0 unspecified atom stereocenters. The van der Waals surface area contributed by atoms with Crippen molar-refractivity contribution in [3.63, 3.8) is 0 Å². The van der Waals surface area contributed by atoms with Crippen LogP contribution in [0.3, 0.4) is 0 Å². The van der Waals surface area contributed by atoms with Gasteiger partial charge < -0.3 is 4.74 Å². The zero-order valence-corrected chi connectivity index (χ0v) is 15.7. The molecule has 4 nitrogen and oxygen atoms in total. The number of nitrogens with zero attached hydrogens (tertiary/aromatic N) is 2. The van der Waals surface area contributed by atoms with Crippen molar-refractivity contribution in [2.24, 2.45) is 0 Å². The molecule has 0 amide bonds. The summed E-state index contributed by atoms with van der Waals surface area (Å²) < 4.78 is 20.4. The van der Waals surface area contributed by atoms with E-state index in [4.69, 9.17) is 4.74 Å². The van der Waals surface area contributed by atoms with Gasteiger partial charge in [0, 0.05) is 5.56 Å². The lowest BCUT2D eigenvalue weighted by atomic mass is 9.89. The summed E-state index contributed by atoms with van der Waals surface area (Å²) in [5.74, 6) is -0.726. The molecule has 28 heavy (non-hydrogen) atoms. The number of allylic oxidation sites excluding steroid dienone is 1. The van der Waals surface area contributed by atoms with E-state index in [1.54, 1.807) is 23.7 Å². The van der Waals surface area contributed by atoms with E-state index in [0.717, 1.165) is 41.7 Å². The minimum absolute atomic E-state index is 0.295. The molecule has 0 radical (unpaired) electrons. The number of benzene rings is 2. The Bertz CT molecular complexity index is 1020. The molecule has 142 valence electrons. The molecule has 4 rings (SSSR count). The lowest BCUT2D eigenvalue weighted by Crippen LogP contribution is -2.10. The van der Waals surface area contributed by atoms with Gasteiger partial charge in [0.05, 0.1) is 18.0 Å². The Balaban J connectivity index is 1.90. The monoisotopic (exact) mass is 376 g/mol. The molecule has 0 saturated heterocycles. The molecule has 1 heterocycles. The van der Waals surface area contributed by atoms with Gasteiger partial charge in [-0.2, -0.15) is 5.10 Å². The minimum Gasteiger partial charge on any atom is -0.461 e. The van der Waals surface area contributed by atoms with E-state index in [2.05, 4.69) is 11.2 Å². The van der Waals surface area contributed by atoms with Crippen molar-refractivity contribution in [2.45, 2.75) is 26.2 Å². The molecule has 0 spiro atoms. The Hall–Kier alpha value is -3.21.